The highest BCUT2D eigenvalue weighted by atomic mass is 32.1. The number of amides is 1. The molecule has 1 amide bonds. The van der Waals surface area contributed by atoms with E-state index in [1.165, 1.54) is 11.3 Å². The SMILES string of the molecule is CCOc1ccc(OCC(=O)NNc2nc3ccccc3s2)cc1. The third-order valence-electron chi connectivity index (χ3n) is 3.11. The summed E-state index contributed by atoms with van der Waals surface area (Å²) < 4.78 is 11.8. The van der Waals surface area contributed by atoms with E-state index < -0.39 is 0 Å². The third kappa shape index (κ3) is 4.14. The number of rotatable bonds is 7. The number of anilines is 1. The first kappa shape index (κ1) is 16.1. The van der Waals surface area contributed by atoms with Crippen molar-refractivity contribution in [3.63, 3.8) is 0 Å². The molecule has 0 atom stereocenters. The largest absolute Gasteiger partial charge is 0.494 e. The molecule has 7 heteroatoms. The summed E-state index contributed by atoms with van der Waals surface area (Å²) in [4.78, 5) is 16.2. The van der Waals surface area contributed by atoms with E-state index in [9.17, 15) is 4.79 Å². The number of para-hydroxylation sites is 1. The van der Waals surface area contributed by atoms with E-state index in [0.717, 1.165) is 16.0 Å². The molecule has 0 saturated carbocycles. The second kappa shape index (κ2) is 7.65. The quantitative estimate of drug-likeness (QED) is 0.645. The predicted molar refractivity (Wildman–Crippen MR) is 94.5 cm³/mol. The van der Waals surface area contributed by atoms with Crippen LogP contribution in [0.1, 0.15) is 6.92 Å². The maximum Gasteiger partial charge on any atom is 0.276 e. The number of hydrogen-bond donors (Lipinski definition) is 2. The number of benzene rings is 2. The lowest BCUT2D eigenvalue weighted by molar-refractivity contribution is -0.122. The number of carbonyl (C=O) groups is 1. The zero-order chi connectivity index (χ0) is 16.8. The Kier molecular flexibility index (Phi) is 5.12. The topological polar surface area (TPSA) is 72.5 Å². The normalized spacial score (nSPS) is 10.4. The minimum atomic E-state index is -0.289. The molecule has 0 fully saturated rings. The van der Waals surface area contributed by atoms with Gasteiger partial charge in [0.1, 0.15) is 11.5 Å². The van der Waals surface area contributed by atoms with E-state index in [1.807, 2.05) is 31.2 Å². The molecule has 0 radical (unpaired) electrons. The molecule has 0 spiro atoms. The zero-order valence-electron chi connectivity index (χ0n) is 13.1. The van der Waals surface area contributed by atoms with Gasteiger partial charge in [-0.15, -0.1) is 0 Å². The van der Waals surface area contributed by atoms with Crippen molar-refractivity contribution < 1.29 is 14.3 Å². The fraction of sp³-hybridized carbons (Fsp3) is 0.176. The van der Waals surface area contributed by atoms with Gasteiger partial charge in [0.15, 0.2) is 6.61 Å². The van der Waals surface area contributed by atoms with Crippen LogP contribution < -0.4 is 20.3 Å². The second-order valence-corrected chi connectivity index (χ2v) is 5.88. The monoisotopic (exact) mass is 343 g/mol. The molecule has 2 N–H and O–H groups in total. The molecule has 0 aliphatic heterocycles. The lowest BCUT2D eigenvalue weighted by atomic mass is 10.3. The Morgan fingerprint density at radius 1 is 1.08 bits per heavy atom. The molecule has 0 bridgehead atoms. The van der Waals surface area contributed by atoms with Crippen LogP contribution in [0, 0.1) is 0 Å². The predicted octanol–water partition coefficient (Wildman–Crippen LogP) is 3.22. The van der Waals surface area contributed by atoms with Crippen molar-refractivity contribution in [3.8, 4) is 11.5 Å². The zero-order valence-corrected chi connectivity index (χ0v) is 13.9. The lowest BCUT2D eigenvalue weighted by Crippen LogP contribution is -2.33. The number of thiazole rings is 1. The number of hydrazine groups is 1. The van der Waals surface area contributed by atoms with Gasteiger partial charge in [0.05, 0.1) is 16.8 Å². The summed E-state index contributed by atoms with van der Waals surface area (Å²) in [5.41, 5.74) is 6.27. The molecule has 1 aromatic heterocycles. The first-order valence-corrected chi connectivity index (χ1v) is 8.32. The van der Waals surface area contributed by atoms with E-state index in [4.69, 9.17) is 9.47 Å². The van der Waals surface area contributed by atoms with Crippen molar-refractivity contribution in [3.05, 3.63) is 48.5 Å². The Bertz CT molecular complexity index is 784. The Labute approximate surface area is 143 Å². The highest BCUT2D eigenvalue weighted by Crippen LogP contribution is 2.24. The molecule has 0 aliphatic rings. The van der Waals surface area contributed by atoms with E-state index >= 15 is 0 Å². The number of nitrogens with one attached hydrogen (secondary N) is 2. The van der Waals surface area contributed by atoms with Gasteiger partial charge in [0.25, 0.3) is 5.91 Å². The molecule has 1 heterocycles. The van der Waals surface area contributed by atoms with Crippen LogP contribution in [-0.2, 0) is 4.79 Å². The Morgan fingerprint density at radius 3 is 2.50 bits per heavy atom. The summed E-state index contributed by atoms with van der Waals surface area (Å²) in [6, 6.07) is 14.9. The minimum absolute atomic E-state index is 0.0914. The van der Waals surface area contributed by atoms with E-state index in [1.54, 1.807) is 24.3 Å². The Balaban J connectivity index is 1.47. The number of hydrogen-bond acceptors (Lipinski definition) is 6. The van der Waals surface area contributed by atoms with E-state index in [-0.39, 0.29) is 12.5 Å². The first-order chi connectivity index (χ1) is 11.7. The first-order valence-electron chi connectivity index (χ1n) is 7.50. The van der Waals surface area contributed by atoms with Crippen molar-refractivity contribution in [2.24, 2.45) is 0 Å². The summed E-state index contributed by atoms with van der Waals surface area (Å²) in [6.45, 7) is 2.44. The Hall–Kier alpha value is -2.80. The molecule has 6 nitrogen and oxygen atoms in total. The highest BCUT2D eigenvalue weighted by Gasteiger charge is 2.06. The van der Waals surface area contributed by atoms with Gasteiger partial charge in [0, 0.05) is 0 Å². The lowest BCUT2D eigenvalue weighted by Gasteiger charge is -2.08. The van der Waals surface area contributed by atoms with Crippen LogP contribution in [0.25, 0.3) is 10.2 Å². The smallest absolute Gasteiger partial charge is 0.276 e. The average Bonchev–Trinajstić information content (AvgIpc) is 3.02. The summed E-state index contributed by atoms with van der Waals surface area (Å²) in [5.74, 6) is 1.09. The van der Waals surface area contributed by atoms with Gasteiger partial charge in [-0.3, -0.25) is 15.6 Å². The van der Waals surface area contributed by atoms with Crippen molar-refractivity contribution >= 4 is 32.6 Å². The summed E-state index contributed by atoms with van der Waals surface area (Å²) in [5, 5.41) is 0.630. The number of carbonyl (C=O) groups excluding carboxylic acids is 1. The number of aromatic nitrogens is 1. The highest BCUT2D eigenvalue weighted by molar-refractivity contribution is 7.22. The molecule has 3 rings (SSSR count). The number of nitrogens with zero attached hydrogens (tertiary/aromatic N) is 1. The van der Waals surface area contributed by atoms with Crippen LogP contribution in [0.15, 0.2) is 48.5 Å². The van der Waals surface area contributed by atoms with Crippen molar-refractivity contribution in [2.45, 2.75) is 6.92 Å². The van der Waals surface area contributed by atoms with Crippen LogP contribution in [0.5, 0.6) is 11.5 Å². The Morgan fingerprint density at radius 2 is 1.79 bits per heavy atom. The van der Waals surface area contributed by atoms with Crippen LogP contribution in [-0.4, -0.2) is 24.1 Å². The van der Waals surface area contributed by atoms with E-state index in [2.05, 4.69) is 15.8 Å². The van der Waals surface area contributed by atoms with Gasteiger partial charge in [-0.2, -0.15) is 0 Å². The molecule has 24 heavy (non-hydrogen) atoms. The maximum atomic E-state index is 11.8. The molecule has 2 aromatic carbocycles. The van der Waals surface area contributed by atoms with Crippen molar-refractivity contribution in [2.75, 3.05) is 18.6 Å². The average molecular weight is 343 g/mol. The van der Waals surface area contributed by atoms with Crippen molar-refractivity contribution in [1.82, 2.24) is 10.4 Å². The van der Waals surface area contributed by atoms with Gasteiger partial charge >= 0.3 is 0 Å². The van der Waals surface area contributed by atoms with Gasteiger partial charge in [-0.1, -0.05) is 23.5 Å². The third-order valence-corrected chi connectivity index (χ3v) is 4.06. The van der Waals surface area contributed by atoms with Gasteiger partial charge in [-0.25, -0.2) is 4.98 Å². The summed E-state index contributed by atoms with van der Waals surface area (Å²) in [6.07, 6.45) is 0. The van der Waals surface area contributed by atoms with E-state index in [0.29, 0.717) is 17.5 Å². The molecule has 0 unspecified atom stereocenters. The molecule has 3 aromatic rings. The molecular formula is C17H17N3O3S. The summed E-state index contributed by atoms with van der Waals surface area (Å²) >= 11 is 1.47. The minimum Gasteiger partial charge on any atom is -0.494 e. The van der Waals surface area contributed by atoms with Crippen molar-refractivity contribution in [1.29, 1.82) is 0 Å². The van der Waals surface area contributed by atoms with Gasteiger partial charge in [-0.05, 0) is 43.3 Å². The maximum absolute atomic E-state index is 11.8. The molecule has 0 aliphatic carbocycles. The van der Waals surface area contributed by atoms with Gasteiger partial charge < -0.3 is 9.47 Å². The molecule has 0 saturated heterocycles. The second-order valence-electron chi connectivity index (χ2n) is 4.85. The number of ether oxygens (including phenoxy) is 2. The molecule has 124 valence electrons. The standard InChI is InChI=1S/C17H17N3O3S/c1-2-22-12-7-9-13(10-8-12)23-11-16(21)19-20-17-18-14-5-3-4-6-15(14)24-17/h3-10H,2,11H2,1H3,(H,18,20)(H,19,21). The fourth-order valence-electron chi connectivity index (χ4n) is 2.03. The van der Waals surface area contributed by atoms with Crippen LogP contribution in [0.2, 0.25) is 0 Å². The van der Waals surface area contributed by atoms with Crippen LogP contribution >= 0.6 is 11.3 Å². The van der Waals surface area contributed by atoms with Crippen LogP contribution in [0.4, 0.5) is 5.13 Å². The fourth-order valence-corrected chi connectivity index (χ4v) is 2.85. The van der Waals surface area contributed by atoms with Crippen LogP contribution in [0.3, 0.4) is 0 Å². The summed E-state index contributed by atoms with van der Waals surface area (Å²) in [7, 11) is 0. The number of fused-ring (bicyclic) bond motifs is 1. The van der Waals surface area contributed by atoms with Gasteiger partial charge in [0.2, 0.25) is 5.13 Å². The molecular weight excluding hydrogens is 326 g/mol.